The summed E-state index contributed by atoms with van der Waals surface area (Å²) in [6.45, 7) is 8.74. The number of aryl methyl sites for hydroxylation is 1. The van der Waals surface area contributed by atoms with E-state index in [1.165, 1.54) is 0 Å². The Bertz CT molecular complexity index is 682. The lowest BCUT2D eigenvalue weighted by Gasteiger charge is -2.23. The molecule has 2 aromatic rings. The molecular formula is C18H25ClN2O4. The Morgan fingerprint density at radius 2 is 1.96 bits per heavy atom. The molecule has 0 saturated carbocycles. The lowest BCUT2D eigenvalue weighted by Crippen LogP contribution is -2.42. The molecule has 7 heteroatoms. The van der Waals surface area contributed by atoms with Gasteiger partial charge >= 0.3 is 0 Å². The number of benzene rings is 1. The van der Waals surface area contributed by atoms with E-state index in [1.54, 1.807) is 13.0 Å². The second-order valence-electron chi connectivity index (χ2n) is 6.86. The fourth-order valence-electron chi connectivity index (χ4n) is 1.97. The third kappa shape index (κ3) is 6.57. The van der Waals surface area contributed by atoms with Crippen molar-refractivity contribution in [2.75, 3.05) is 13.2 Å². The number of aromatic nitrogens is 1. The molecule has 1 atom stereocenters. The summed E-state index contributed by atoms with van der Waals surface area (Å²) < 4.78 is 16.4. The van der Waals surface area contributed by atoms with E-state index in [1.807, 2.05) is 39.0 Å². The molecule has 1 unspecified atom stereocenters. The smallest absolute Gasteiger partial charge is 0.192 e. The highest BCUT2D eigenvalue weighted by atomic mass is 35.5. The molecule has 0 aliphatic heterocycles. The number of aliphatic hydroxyl groups excluding tert-OH is 1. The summed E-state index contributed by atoms with van der Waals surface area (Å²) in [7, 11) is 0. The second kappa shape index (κ2) is 8.56. The van der Waals surface area contributed by atoms with Crippen LogP contribution in [-0.4, -0.2) is 35.1 Å². The number of β-amino-alcohol motifs (C(OH)–C–C–N with tert-alkyl or cyclic N) is 1. The van der Waals surface area contributed by atoms with Crippen LogP contribution >= 0.6 is 11.6 Å². The monoisotopic (exact) mass is 368 g/mol. The average molecular weight is 369 g/mol. The van der Waals surface area contributed by atoms with Gasteiger partial charge in [-0.25, -0.2) is 0 Å². The molecule has 0 aliphatic carbocycles. The first-order valence-corrected chi connectivity index (χ1v) is 8.52. The Labute approximate surface area is 153 Å². The normalized spacial score (nSPS) is 12.9. The highest BCUT2D eigenvalue weighted by molar-refractivity contribution is 6.31. The van der Waals surface area contributed by atoms with Crippen molar-refractivity contribution < 1.29 is 19.1 Å². The lowest BCUT2D eigenvalue weighted by atomic mass is 10.1. The summed E-state index contributed by atoms with van der Waals surface area (Å²) in [5, 5.41) is 17.5. The van der Waals surface area contributed by atoms with Crippen molar-refractivity contribution in [1.82, 2.24) is 10.5 Å². The number of halogens is 1. The van der Waals surface area contributed by atoms with Gasteiger partial charge in [0.25, 0.3) is 0 Å². The number of aliphatic hydroxyl groups is 1. The quantitative estimate of drug-likeness (QED) is 0.744. The van der Waals surface area contributed by atoms with Crippen LogP contribution < -0.4 is 14.8 Å². The first-order valence-electron chi connectivity index (χ1n) is 8.14. The van der Waals surface area contributed by atoms with E-state index in [2.05, 4.69) is 10.5 Å². The fourth-order valence-corrected chi connectivity index (χ4v) is 2.10. The first-order chi connectivity index (χ1) is 11.7. The Morgan fingerprint density at radius 1 is 1.28 bits per heavy atom. The van der Waals surface area contributed by atoms with E-state index in [-0.39, 0.29) is 18.8 Å². The molecule has 1 heterocycles. The van der Waals surface area contributed by atoms with E-state index < -0.39 is 6.10 Å². The van der Waals surface area contributed by atoms with Gasteiger partial charge < -0.3 is 24.4 Å². The Hall–Kier alpha value is -1.76. The van der Waals surface area contributed by atoms with E-state index in [0.29, 0.717) is 34.5 Å². The van der Waals surface area contributed by atoms with Crippen LogP contribution in [0.2, 0.25) is 5.02 Å². The Kier molecular flexibility index (Phi) is 6.70. The molecule has 2 rings (SSSR count). The number of nitrogens with zero attached hydrogens (tertiary/aromatic N) is 1. The predicted octanol–water partition coefficient (Wildman–Crippen LogP) is 3.34. The molecule has 0 fully saturated rings. The van der Waals surface area contributed by atoms with Gasteiger partial charge in [0.2, 0.25) is 0 Å². The van der Waals surface area contributed by atoms with Crippen LogP contribution in [0.3, 0.4) is 0 Å². The van der Waals surface area contributed by atoms with Crippen LogP contribution in [0, 0.1) is 6.92 Å². The number of nitrogens with one attached hydrogen (secondary N) is 1. The molecule has 25 heavy (non-hydrogen) atoms. The van der Waals surface area contributed by atoms with Crippen LogP contribution in [0.25, 0.3) is 0 Å². The summed E-state index contributed by atoms with van der Waals surface area (Å²) in [6.07, 6.45) is -0.597. The van der Waals surface area contributed by atoms with Gasteiger partial charge in [0.1, 0.15) is 29.2 Å². The molecule has 0 amide bonds. The third-order valence-corrected chi connectivity index (χ3v) is 3.83. The molecule has 2 N–H and O–H groups in total. The van der Waals surface area contributed by atoms with Crippen molar-refractivity contribution in [1.29, 1.82) is 0 Å². The van der Waals surface area contributed by atoms with Crippen LogP contribution in [0.15, 0.2) is 28.8 Å². The molecule has 1 aromatic carbocycles. The SMILES string of the molecule is Cc1noc(COc2cccc(OCC(O)CNC(C)(C)C)c2)c1Cl. The topological polar surface area (TPSA) is 76.8 Å². The predicted molar refractivity (Wildman–Crippen MR) is 96.3 cm³/mol. The molecule has 0 saturated heterocycles. The molecule has 138 valence electrons. The molecule has 0 bridgehead atoms. The van der Waals surface area contributed by atoms with Crippen molar-refractivity contribution in [2.24, 2.45) is 0 Å². The van der Waals surface area contributed by atoms with Gasteiger partial charge in [0.05, 0.1) is 5.69 Å². The number of hydrogen-bond acceptors (Lipinski definition) is 6. The zero-order valence-electron chi connectivity index (χ0n) is 15.0. The summed E-state index contributed by atoms with van der Waals surface area (Å²) >= 11 is 6.06. The molecule has 6 nitrogen and oxygen atoms in total. The number of ether oxygens (including phenoxy) is 2. The van der Waals surface area contributed by atoms with E-state index in [0.717, 1.165) is 0 Å². The molecule has 0 aliphatic rings. The van der Waals surface area contributed by atoms with Crippen molar-refractivity contribution in [3.05, 3.63) is 40.7 Å². The van der Waals surface area contributed by atoms with Crippen LogP contribution in [0.5, 0.6) is 11.5 Å². The second-order valence-corrected chi connectivity index (χ2v) is 7.24. The van der Waals surface area contributed by atoms with Gasteiger partial charge in [-0.15, -0.1) is 0 Å². The standard InChI is InChI=1S/C18H25ClN2O4/c1-12-17(19)16(25-21-12)11-24-15-7-5-6-14(8-15)23-10-13(22)9-20-18(2,3)4/h5-8,13,20,22H,9-11H2,1-4H3. The fraction of sp³-hybridized carbons (Fsp3) is 0.500. The maximum atomic E-state index is 9.98. The van der Waals surface area contributed by atoms with Gasteiger partial charge in [-0.2, -0.15) is 0 Å². The molecule has 0 radical (unpaired) electrons. The van der Waals surface area contributed by atoms with E-state index in [9.17, 15) is 5.11 Å². The van der Waals surface area contributed by atoms with Gasteiger partial charge in [0, 0.05) is 18.2 Å². The average Bonchev–Trinajstić information content (AvgIpc) is 2.88. The van der Waals surface area contributed by atoms with Gasteiger partial charge in [-0.3, -0.25) is 0 Å². The highest BCUT2D eigenvalue weighted by Crippen LogP contribution is 2.24. The zero-order valence-corrected chi connectivity index (χ0v) is 15.8. The largest absolute Gasteiger partial charge is 0.491 e. The minimum atomic E-state index is -0.597. The van der Waals surface area contributed by atoms with E-state index in [4.69, 9.17) is 25.6 Å². The molecule has 1 aromatic heterocycles. The molecule has 0 spiro atoms. The minimum absolute atomic E-state index is 0.0466. The molecular weight excluding hydrogens is 344 g/mol. The maximum absolute atomic E-state index is 9.98. The zero-order chi connectivity index (χ0) is 18.4. The number of rotatable bonds is 8. The Balaban J connectivity index is 1.83. The van der Waals surface area contributed by atoms with Crippen molar-refractivity contribution in [2.45, 2.75) is 45.9 Å². The van der Waals surface area contributed by atoms with Crippen LogP contribution in [0.1, 0.15) is 32.2 Å². The maximum Gasteiger partial charge on any atom is 0.192 e. The van der Waals surface area contributed by atoms with Crippen LogP contribution in [-0.2, 0) is 6.61 Å². The van der Waals surface area contributed by atoms with Crippen LogP contribution in [0.4, 0.5) is 0 Å². The Morgan fingerprint density at radius 3 is 2.56 bits per heavy atom. The first kappa shape index (κ1) is 19.6. The van der Waals surface area contributed by atoms with Crippen molar-refractivity contribution in [3.63, 3.8) is 0 Å². The third-order valence-electron chi connectivity index (χ3n) is 3.34. The van der Waals surface area contributed by atoms with Crippen molar-refractivity contribution in [3.8, 4) is 11.5 Å². The van der Waals surface area contributed by atoms with Gasteiger partial charge in [-0.05, 0) is 39.8 Å². The number of hydrogen-bond donors (Lipinski definition) is 2. The lowest BCUT2D eigenvalue weighted by molar-refractivity contribution is 0.0998. The summed E-state index contributed by atoms with van der Waals surface area (Å²) in [4.78, 5) is 0. The summed E-state index contributed by atoms with van der Waals surface area (Å²) in [5.41, 5.74) is 0.588. The highest BCUT2D eigenvalue weighted by Gasteiger charge is 2.13. The van der Waals surface area contributed by atoms with Gasteiger partial charge in [-0.1, -0.05) is 22.8 Å². The van der Waals surface area contributed by atoms with E-state index >= 15 is 0 Å². The summed E-state index contributed by atoms with van der Waals surface area (Å²) in [6, 6.07) is 7.18. The minimum Gasteiger partial charge on any atom is -0.491 e. The summed E-state index contributed by atoms with van der Waals surface area (Å²) in [5.74, 6) is 1.71. The van der Waals surface area contributed by atoms with Crippen molar-refractivity contribution >= 4 is 11.6 Å². The van der Waals surface area contributed by atoms with Gasteiger partial charge in [0.15, 0.2) is 12.4 Å².